The molecule has 17 heavy (non-hydrogen) atoms. The molecule has 0 N–H and O–H groups in total. The molecule has 0 saturated carbocycles. The molecule has 1 aliphatic rings. The molecular formula is C12H21NO4. The second kappa shape index (κ2) is 5.60. The summed E-state index contributed by atoms with van der Waals surface area (Å²) in [5.41, 5.74) is -0.597. The molecule has 0 aromatic carbocycles. The lowest BCUT2D eigenvalue weighted by Gasteiger charge is -2.23. The summed E-state index contributed by atoms with van der Waals surface area (Å²) in [6.45, 7) is 8.43. The van der Waals surface area contributed by atoms with Crippen LogP contribution in [0, 0.1) is 5.41 Å². The molecule has 0 aromatic rings. The molecule has 0 aliphatic carbocycles. The average Bonchev–Trinajstić information content (AvgIpc) is 2.41. The van der Waals surface area contributed by atoms with Crippen LogP contribution in [0.25, 0.3) is 0 Å². The van der Waals surface area contributed by atoms with E-state index in [-0.39, 0.29) is 24.8 Å². The zero-order valence-electron chi connectivity index (χ0n) is 11.0. The molecule has 2 amide bonds. The second-order valence-corrected chi connectivity index (χ2v) is 4.71. The number of amides is 2. The Balaban J connectivity index is 2.66. The van der Waals surface area contributed by atoms with Crippen molar-refractivity contribution in [2.24, 2.45) is 5.41 Å². The van der Waals surface area contributed by atoms with Crippen LogP contribution >= 0.6 is 0 Å². The molecule has 1 rings (SSSR count). The predicted octanol–water partition coefficient (Wildman–Crippen LogP) is 1.17. The van der Waals surface area contributed by atoms with Gasteiger partial charge in [0.25, 0.3) is 0 Å². The highest BCUT2D eigenvalue weighted by Gasteiger charge is 2.45. The fourth-order valence-corrected chi connectivity index (χ4v) is 1.89. The summed E-state index contributed by atoms with van der Waals surface area (Å²) in [7, 11) is 0. The van der Waals surface area contributed by atoms with Crippen LogP contribution in [-0.4, -0.2) is 42.8 Å². The average molecular weight is 243 g/mol. The van der Waals surface area contributed by atoms with Crippen molar-refractivity contribution in [3.8, 4) is 0 Å². The van der Waals surface area contributed by atoms with Crippen molar-refractivity contribution < 1.29 is 19.1 Å². The van der Waals surface area contributed by atoms with Gasteiger partial charge in [-0.15, -0.1) is 0 Å². The van der Waals surface area contributed by atoms with Crippen molar-refractivity contribution in [1.82, 2.24) is 4.90 Å². The molecular weight excluding hydrogens is 222 g/mol. The van der Waals surface area contributed by atoms with E-state index in [9.17, 15) is 9.59 Å². The van der Waals surface area contributed by atoms with Gasteiger partial charge in [-0.2, -0.15) is 0 Å². The molecule has 0 aromatic heterocycles. The Labute approximate surface area is 102 Å². The fourth-order valence-electron chi connectivity index (χ4n) is 1.89. The van der Waals surface area contributed by atoms with Crippen LogP contribution in [0.3, 0.4) is 0 Å². The Bertz CT molecular complexity index is 295. The molecule has 0 radical (unpaired) electrons. The van der Waals surface area contributed by atoms with Crippen LogP contribution in [0.15, 0.2) is 0 Å². The largest absolute Gasteiger partial charge is 0.351 e. The lowest BCUT2D eigenvalue weighted by molar-refractivity contribution is -0.164. The van der Waals surface area contributed by atoms with Crippen molar-refractivity contribution in [2.75, 3.05) is 19.8 Å². The van der Waals surface area contributed by atoms with E-state index in [1.54, 1.807) is 13.8 Å². The van der Waals surface area contributed by atoms with Gasteiger partial charge < -0.3 is 9.47 Å². The standard InChI is InChI=1S/C12H21NO4/c1-5-16-10(17-6-2)8-13-9(14)7-12(3,4)11(13)15/h10H,5-8H2,1-4H3. The van der Waals surface area contributed by atoms with Gasteiger partial charge in [0.1, 0.15) is 0 Å². The van der Waals surface area contributed by atoms with Gasteiger partial charge in [0.05, 0.1) is 12.0 Å². The van der Waals surface area contributed by atoms with Crippen LogP contribution in [0.4, 0.5) is 0 Å². The number of imide groups is 1. The molecule has 5 heteroatoms. The van der Waals surface area contributed by atoms with Crippen LogP contribution in [-0.2, 0) is 19.1 Å². The monoisotopic (exact) mass is 243 g/mol. The van der Waals surface area contributed by atoms with E-state index in [4.69, 9.17) is 9.47 Å². The number of rotatable bonds is 6. The van der Waals surface area contributed by atoms with Crippen molar-refractivity contribution in [3.63, 3.8) is 0 Å². The number of ether oxygens (including phenoxy) is 2. The Morgan fingerprint density at radius 3 is 2.12 bits per heavy atom. The lowest BCUT2D eigenvalue weighted by atomic mass is 9.92. The maximum Gasteiger partial charge on any atom is 0.235 e. The first-order valence-corrected chi connectivity index (χ1v) is 6.00. The maximum atomic E-state index is 12.0. The number of hydrogen-bond acceptors (Lipinski definition) is 4. The number of carbonyl (C=O) groups is 2. The number of likely N-dealkylation sites (tertiary alicyclic amines) is 1. The van der Waals surface area contributed by atoms with E-state index in [2.05, 4.69) is 0 Å². The highest BCUT2D eigenvalue weighted by atomic mass is 16.7. The smallest absolute Gasteiger partial charge is 0.235 e. The quantitative estimate of drug-likeness (QED) is 0.519. The first-order valence-electron chi connectivity index (χ1n) is 6.00. The summed E-state index contributed by atoms with van der Waals surface area (Å²) in [5.74, 6) is -0.295. The molecule has 1 heterocycles. The molecule has 0 bridgehead atoms. The van der Waals surface area contributed by atoms with Gasteiger partial charge in [0.2, 0.25) is 11.8 Å². The summed E-state index contributed by atoms with van der Waals surface area (Å²) in [4.78, 5) is 25.0. The van der Waals surface area contributed by atoms with E-state index in [0.29, 0.717) is 13.2 Å². The third-order valence-corrected chi connectivity index (χ3v) is 2.76. The first kappa shape index (κ1) is 14.1. The van der Waals surface area contributed by atoms with E-state index >= 15 is 0 Å². The van der Waals surface area contributed by atoms with Crippen LogP contribution in [0.2, 0.25) is 0 Å². The first-order chi connectivity index (χ1) is 7.92. The maximum absolute atomic E-state index is 12.0. The third kappa shape index (κ3) is 3.26. The Hall–Kier alpha value is -0.940. The highest BCUT2D eigenvalue weighted by molar-refractivity contribution is 6.05. The highest BCUT2D eigenvalue weighted by Crippen LogP contribution is 2.31. The van der Waals surface area contributed by atoms with Crippen LogP contribution in [0.1, 0.15) is 34.1 Å². The number of carbonyl (C=O) groups excluding carboxylic acids is 2. The number of nitrogens with zero attached hydrogens (tertiary/aromatic N) is 1. The topological polar surface area (TPSA) is 55.8 Å². The molecule has 5 nitrogen and oxygen atoms in total. The summed E-state index contributed by atoms with van der Waals surface area (Å²) in [6.07, 6.45) is -0.261. The zero-order chi connectivity index (χ0) is 13.1. The second-order valence-electron chi connectivity index (χ2n) is 4.71. The fraction of sp³-hybridized carbons (Fsp3) is 0.833. The molecule has 1 saturated heterocycles. The van der Waals surface area contributed by atoms with Crippen LogP contribution in [0.5, 0.6) is 0 Å². The van der Waals surface area contributed by atoms with Gasteiger partial charge in [-0.25, -0.2) is 0 Å². The van der Waals surface area contributed by atoms with E-state index in [0.717, 1.165) is 0 Å². The minimum Gasteiger partial charge on any atom is -0.351 e. The molecule has 98 valence electrons. The van der Waals surface area contributed by atoms with Gasteiger partial charge in [-0.05, 0) is 13.8 Å². The van der Waals surface area contributed by atoms with Crippen molar-refractivity contribution in [2.45, 2.75) is 40.4 Å². The predicted molar refractivity (Wildman–Crippen MR) is 62.2 cm³/mol. The summed E-state index contributed by atoms with van der Waals surface area (Å²) in [6, 6.07) is 0. The lowest BCUT2D eigenvalue weighted by Crippen LogP contribution is -2.40. The minimum atomic E-state index is -0.597. The molecule has 0 atom stereocenters. The number of hydrogen-bond donors (Lipinski definition) is 0. The normalized spacial score (nSPS) is 19.5. The molecule has 1 aliphatic heterocycles. The zero-order valence-corrected chi connectivity index (χ0v) is 11.0. The third-order valence-electron chi connectivity index (χ3n) is 2.76. The Morgan fingerprint density at radius 1 is 1.24 bits per heavy atom. The van der Waals surface area contributed by atoms with Gasteiger partial charge in [0, 0.05) is 19.6 Å². The van der Waals surface area contributed by atoms with Crippen molar-refractivity contribution >= 4 is 11.8 Å². The minimum absolute atomic E-state index is 0.146. The SMILES string of the molecule is CCOC(CN1C(=O)CC(C)(C)C1=O)OCC. The summed E-state index contributed by atoms with van der Waals surface area (Å²) < 4.78 is 10.7. The molecule has 0 unspecified atom stereocenters. The van der Waals surface area contributed by atoms with Crippen LogP contribution < -0.4 is 0 Å². The van der Waals surface area contributed by atoms with Crippen molar-refractivity contribution in [1.29, 1.82) is 0 Å². The van der Waals surface area contributed by atoms with E-state index in [1.807, 2.05) is 13.8 Å². The van der Waals surface area contributed by atoms with Gasteiger partial charge >= 0.3 is 0 Å². The van der Waals surface area contributed by atoms with Crippen molar-refractivity contribution in [3.05, 3.63) is 0 Å². The Kier molecular flexibility index (Phi) is 4.65. The molecule has 1 fully saturated rings. The summed E-state index contributed by atoms with van der Waals surface area (Å²) in [5, 5.41) is 0. The molecule has 0 spiro atoms. The van der Waals surface area contributed by atoms with Gasteiger partial charge in [-0.1, -0.05) is 13.8 Å². The van der Waals surface area contributed by atoms with E-state index < -0.39 is 11.7 Å². The Morgan fingerprint density at radius 2 is 1.76 bits per heavy atom. The van der Waals surface area contributed by atoms with Gasteiger partial charge in [0.15, 0.2) is 6.29 Å². The van der Waals surface area contributed by atoms with Gasteiger partial charge in [-0.3, -0.25) is 14.5 Å². The van der Waals surface area contributed by atoms with E-state index in [1.165, 1.54) is 4.90 Å². The summed E-state index contributed by atoms with van der Waals surface area (Å²) >= 11 is 0.